The second-order valence-electron chi connectivity index (χ2n) is 8.82. The minimum absolute atomic E-state index is 0.115. The van der Waals surface area contributed by atoms with Gasteiger partial charge in [-0.1, -0.05) is 24.3 Å². The molecule has 2 aliphatic rings. The van der Waals surface area contributed by atoms with Crippen LogP contribution in [-0.4, -0.2) is 50.8 Å². The first-order valence-electron chi connectivity index (χ1n) is 11.4. The number of aryl methyl sites for hydroxylation is 1. The molecule has 2 aliphatic heterocycles. The fourth-order valence-electron chi connectivity index (χ4n) is 4.97. The lowest BCUT2D eigenvalue weighted by Crippen LogP contribution is -2.48. The molecule has 0 aliphatic carbocycles. The summed E-state index contributed by atoms with van der Waals surface area (Å²) in [6, 6.07) is 11.0. The van der Waals surface area contributed by atoms with Crippen LogP contribution in [0, 0.1) is 6.92 Å². The molecule has 0 radical (unpaired) electrons. The quantitative estimate of drug-likeness (QED) is 0.573. The van der Waals surface area contributed by atoms with Gasteiger partial charge in [-0.2, -0.15) is 15.0 Å². The van der Waals surface area contributed by atoms with Gasteiger partial charge in [0.2, 0.25) is 0 Å². The summed E-state index contributed by atoms with van der Waals surface area (Å²) in [5.74, 6) is -0.346. The van der Waals surface area contributed by atoms with E-state index in [1.807, 2.05) is 24.0 Å². The van der Waals surface area contributed by atoms with E-state index in [-0.39, 0.29) is 29.8 Å². The molecule has 1 amide bonds. The molecule has 8 nitrogen and oxygen atoms in total. The minimum atomic E-state index is -4.77. The average Bonchev–Trinajstić information content (AvgIpc) is 3.59. The van der Waals surface area contributed by atoms with Crippen molar-refractivity contribution in [3.63, 3.8) is 0 Å². The summed E-state index contributed by atoms with van der Waals surface area (Å²) >= 11 is 0. The number of hydrogen-bond acceptors (Lipinski definition) is 6. The van der Waals surface area contributed by atoms with E-state index in [4.69, 9.17) is 0 Å². The topological polar surface area (TPSA) is 84.3 Å². The Morgan fingerprint density at radius 3 is 2.66 bits per heavy atom. The Labute approximate surface area is 200 Å². The molecule has 11 heteroatoms. The Kier molecular flexibility index (Phi) is 6.20. The molecule has 3 heterocycles. The molecule has 3 atom stereocenters. The number of nitrogens with zero attached hydrogens (tertiary/aromatic N) is 4. The van der Waals surface area contributed by atoms with Gasteiger partial charge in [-0.25, -0.2) is 5.43 Å². The number of rotatable bonds is 5. The Bertz CT molecular complexity index is 1200. The number of hydrazine groups is 1. The van der Waals surface area contributed by atoms with E-state index in [1.54, 1.807) is 30.6 Å². The average molecular weight is 486 g/mol. The molecule has 2 aromatic carbocycles. The van der Waals surface area contributed by atoms with E-state index in [0.717, 1.165) is 18.4 Å². The number of carbonyl (C=O) groups is 1. The monoisotopic (exact) mass is 486 g/mol. The maximum Gasteiger partial charge on any atom is 0.573 e. The van der Waals surface area contributed by atoms with E-state index in [0.29, 0.717) is 29.8 Å². The first-order chi connectivity index (χ1) is 16.8. The van der Waals surface area contributed by atoms with E-state index in [2.05, 4.69) is 25.8 Å². The van der Waals surface area contributed by atoms with Gasteiger partial charge in [0.1, 0.15) is 5.75 Å². The van der Waals surface area contributed by atoms with Crippen molar-refractivity contribution < 1.29 is 22.7 Å². The maximum absolute atomic E-state index is 13.7. The Hall–Kier alpha value is -3.44. The van der Waals surface area contributed by atoms with E-state index < -0.39 is 6.36 Å². The molecule has 0 spiro atoms. The third-order valence-electron chi connectivity index (χ3n) is 6.50. The van der Waals surface area contributed by atoms with Crippen molar-refractivity contribution in [2.75, 3.05) is 6.54 Å². The van der Waals surface area contributed by atoms with E-state index >= 15 is 0 Å². The molecule has 184 valence electrons. The van der Waals surface area contributed by atoms with Gasteiger partial charge in [0.15, 0.2) is 0 Å². The zero-order chi connectivity index (χ0) is 24.6. The van der Waals surface area contributed by atoms with Gasteiger partial charge in [0.05, 0.1) is 29.7 Å². The molecule has 2 N–H and O–H groups in total. The van der Waals surface area contributed by atoms with Crippen molar-refractivity contribution in [2.45, 2.75) is 50.7 Å². The number of carbonyl (C=O) groups excluding carboxylic acids is 1. The largest absolute Gasteiger partial charge is 0.573 e. The van der Waals surface area contributed by atoms with Gasteiger partial charge in [-0.3, -0.25) is 10.2 Å². The number of nitrogens with one attached hydrogen (secondary N) is 2. The third kappa shape index (κ3) is 4.87. The van der Waals surface area contributed by atoms with Crippen LogP contribution >= 0.6 is 0 Å². The van der Waals surface area contributed by atoms with Crippen LogP contribution in [0.15, 0.2) is 54.9 Å². The number of benzene rings is 2. The van der Waals surface area contributed by atoms with Crippen LogP contribution < -0.4 is 15.6 Å². The van der Waals surface area contributed by atoms with Crippen molar-refractivity contribution in [1.29, 1.82) is 0 Å². The van der Waals surface area contributed by atoms with Crippen molar-refractivity contribution in [1.82, 2.24) is 30.7 Å². The molecular formula is C24H25F3N6O2. The van der Waals surface area contributed by atoms with Crippen molar-refractivity contribution >= 4 is 5.91 Å². The van der Waals surface area contributed by atoms with Gasteiger partial charge >= 0.3 is 6.36 Å². The number of para-hydroxylation sites is 1. The lowest BCUT2D eigenvalue weighted by atomic mass is 9.96. The first kappa shape index (κ1) is 23.3. The highest BCUT2D eigenvalue weighted by atomic mass is 19.4. The second kappa shape index (κ2) is 9.31. The van der Waals surface area contributed by atoms with Crippen LogP contribution in [0.25, 0.3) is 5.69 Å². The number of halogens is 3. The van der Waals surface area contributed by atoms with Crippen LogP contribution in [-0.2, 0) is 0 Å². The van der Waals surface area contributed by atoms with Gasteiger partial charge in [-0.05, 0) is 49.9 Å². The predicted molar refractivity (Wildman–Crippen MR) is 121 cm³/mol. The number of amides is 1. The molecule has 5 rings (SSSR count). The predicted octanol–water partition coefficient (Wildman–Crippen LogP) is 3.69. The molecule has 0 saturated carbocycles. The highest BCUT2D eigenvalue weighted by molar-refractivity contribution is 5.98. The lowest BCUT2D eigenvalue weighted by Gasteiger charge is -2.30. The summed E-state index contributed by atoms with van der Waals surface area (Å²) in [5, 5.41) is 8.38. The van der Waals surface area contributed by atoms with Crippen molar-refractivity contribution in [3.05, 3.63) is 71.5 Å². The molecule has 0 bridgehead atoms. The van der Waals surface area contributed by atoms with Gasteiger partial charge < -0.3 is 9.64 Å². The number of aromatic nitrogens is 3. The van der Waals surface area contributed by atoms with Crippen LogP contribution in [0.2, 0.25) is 0 Å². The zero-order valence-electron chi connectivity index (χ0n) is 19.0. The summed E-state index contributed by atoms with van der Waals surface area (Å²) in [5.41, 5.74) is 8.84. The van der Waals surface area contributed by atoms with Gasteiger partial charge in [-0.15, -0.1) is 13.2 Å². The van der Waals surface area contributed by atoms with Crippen LogP contribution in [0.4, 0.5) is 13.2 Å². The highest BCUT2D eigenvalue weighted by Crippen LogP contribution is 2.36. The van der Waals surface area contributed by atoms with Gasteiger partial charge in [0, 0.05) is 24.2 Å². The first-order valence-corrected chi connectivity index (χ1v) is 11.4. The Morgan fingerprint density at radius 2 is 1.89 bits per heavy atom. The maximum atomic E-state index is 13.7. The normalized spacial score (nSPS) is 22.5. The number of likely N-dealkylation sites (tertiary alicyclic amines) is 1. The molecule has 2 unspecified atom stereocenters. The summed E-state index contributed by atoms with van der Waals surface area (Å²) in [4.78, 5) is 17.0. The molecule has 3 aromatic rings. The fourth-order valence-corrected chi connectivity index (χ4v) is 4.97. The number of hydrogen-bond donors (Lipinski definition) is 2. The smallest absolute Gasteiger partial charge is 0.405 e. The van der Waals surface area contributed by atoms with Gasteiger partial charge in [0.25, 0.3) is 5.91 Å². The summed E-state index contributed by atoms with van der Waals surface area (Å²) in [6.07, 6.45) is 0.487. The number of ether oxygens (including phenoxy) is 1. The van der Waals surface area contributed by atoms with Crippen LogP contribution in [0.5, 0.6) is 5.75 Å². The standard InChI is InChI=1S/C24H25F3N6O2/c1-15-8-9-17(21(13-15)33-28-10-11-29-33)23(34)32-12-4-6-20(32)19-14-18(30-31-19)16-5-2-3-7-22(16)35-24(25,26)27/h2-3,5,7-11,13,18-20,30-31H,4,6,12,14H2,1H3/t18?,19?,20-/m0/s1. The Morgan fingerprint density at radius 1 is 1.11 bits per heavy atom. The fraction of sp³-hybridized carbons (Fsp3) is 0.375. The van der Waals surface area contributed by atoms with Crippen LogP contribution in [0.3, 0.4) is 0 Å². The molecule has 2 fully saturated rings. The van der Waals surface area contributed by atoms with Crippen molar-refractivity contribution in [2.24, 2.45) is 0 Å². The SMILES string of the molecule is Cc1ccc(C(=O)N2CCC[C@H]2C2CC(c3ccccc3OC(F)(F)F)NN2)c(-n2nccn2)c1. The second-order valence-corrected chi connectivity index (χ2v) is 8.82. The molecule has 2 saturated heterocycles. The van der Waals surface area contributed by atoms with Crippen LogP contribution in [0.1, 0.15) is 46.8 Å². The minimum Gasteiger partial charge on any atom is -0.405 e. The molecule has 1 aromatic heterocycles. The summed E-state index contributed by atoms with van der Waals surface area (Å²) in [6.45, 7) is 2.54. The highest BCUT2D eigenvalue weighted by Gasteiger charge is 2.41. The third-order valence-corrected chi connectivity index (χ3v) is 6.50. The number of alkyl halides is 3. The molecule has 35 heavy (non-hydrogen) atoms. The molecular weight excluding hydrogens is 461 g/mol. The zero-order valence-corrected chi connectivity index (χ0v) is 19.0. The summed E-state index contributed by atoms with van der Waals surface area (Å²) < 4.78 is 42.9. The summed E-state index contributed by atoms with van der Waals surface area (Å²) in [7, 11) is 0. The Balaban J connectivity index is 1.36. The van der Waals surface area contributed by atoms with E-state index in [9.17, 15) is 18.0 Å². The lowest BCUT2D eigenvalue weighted by molar-refractivity contribution is -0.275. The van der Waals surface area contributed by atoms with Crippen molar-refractivity contribution in [3.8, 4) is 11.4 Å². The van der Waals surface area contributed by atoms with E-state index in [1.165, 1.54) is 16.9 Å².